The van der Waals surface area contributed by atoms with Crippen molar-refractivity contribution in [3.63, 3.8) is 0 Å². The van der Waals surface area contributed by atoms with Crippen LogP contribution in [0.1, 0.15) is 10.5 Å². The lowest BCUT2D eigenvalue weighted by atomic mass is 10.2. The van der Waals surface area contributed by atoms with Gasteiger partial charge in [0.25, 0.3) is 15.9 Å². The number of sulfonamides is 1. The van der Waals surface area contributed by atoms with Crippen LogP contribution in [0.2, 0.25) is 0 Å². The van der Waals surface area contributed by atoms with E-state index in [0.29, 0.717) is 23.0 Å². The van der Waals surface area contributed by atoms with Crippen molar-refractivity contribution < 1.29 is 13.2 Å². The van der Waals surface area contributed by atoms with Crippen LogP contribution in [-0.4, -0.2) is 54.7 Å². The first kappa shape index (κ1) is 18.5. The summed E-state index contributed by atoms with van der Waals surface area (Å²) in [4.78, 5) is 18.9. The maximum absolute atomic E-state index is 12.8. The molecule has 1 saturated heterocycles. The first-order valence-electron chi connectivity index (χ1n) is 8.36. The minimum Gasteiger partial charge on any atom is -0.335 e. The van der Waals surface area contributed by atoms with Gasteiger partial charge < -0.3 is 4.90 Å². The van der Waals surface area contributed by atoms with Crippen molar-refractivity contribution in [1.29, 1.82) is 0 Å². The molecule has 0 aliphatic carbocycles. The predicted molar refractivity (Wildman–Crippen MR) is 108 cm³/mol. The van der Waals surface area contributed by atoms with Gasteiger partial charge in [-0.05, 0) is 40.2 Å². The van der Waals surface area contributed by atoms with Gasteiger partial charge in [0, 0.05) is 31.6 Å². The maximum atomic E-state index is 12.8. The predicted octanol–water partition coefficient (Wildman–Crippen LogP) is 3.21. The molecule has 0 N–H and O–H groups in total. The Morgan fingerprint density at radius 1 is 1.00 bits per heavy atom. The number of carbonyl (C=O) groups excluding carboxylic acids is 1. The minimum atomic E-state index is -3.52. The Morgan fingerprint density at radius 2 is 1.74 bits per heavy atom. The highest BCUT2D eigenvalue weighted by atomic mass is 79.9. The quantitative estimate of drug-likeness (QED) is 0.595. The van der Waals surface area contributed by atoms with Gasteiger partial charge in [0.2, 0.25) is 0 Å². The largest absolute Gasteiger partial charge is 0.335 e. The average molecular weight is 466 g/mol. The van der Waals surface area contributed by atoms with E-state index in [1.807, 2.05) is 30.3 Å². The smallest absolute Gasteiger partial charge is 0.272 e. The third kappa shape index (κ3) is 3.64. The summed E-state index contributed by atoms with van der Waals surface area (Å²) in [6.45, 7) is 1.24. The summed E-state index contributed by atoms with van der Waals surface area (Å²) in [5.74, 6) is -0.170. The highest BCUT2D eigenvalue weighted by molar-refractivity contribution is 9.11. The summed E-state index contributed by atoms with van der Waals surface area (Å²) in [5, 5.41) is 0.979. The van der Waals surface area contributed by atoms with E-state index >= 15 is 0 Å². The summed E-state index contributed by atoms with van der Waals surface area (Å²) in [7, 11) is -3.52. The summed E-state index contributed by atoms with van der Waals surface area (Å²) >= 11 is 4.49. The molecule has 1 aliphatic heterocycles. The SMILES string of the molecule is O=C(c1ccc2ccccc2n1)N1CCN(S(=O)(=O)c2ccc(Br)s2)CC1. The van der Waals surface area contributed by atoms with Crippen LogP contribution in [-0.2, 0) is 10.0 Å². The average Bonchev–Trinajstić information content (AvgIpc) is 3.14. The van der Waals surface area contributed by atoms with Gasteiger partial charge in [-0.3, -0.25) is 4.79 Å². The first-order chi connectivity index (χ1) is 12.9. The Bertz CT molecular complexity index is 1110. The molecule has 2 aromatic heterocycles. The lowest BCUT2D eigenvalue weighted by Crippen LogP contribution is -2.50. The topological polar surface area (TPSA) is 70.6 Å². The monoisotopic (exact) mass is 465 g/mol. The van der Waals surface area contributed by atoms with Crippen molar-refractivity contribution in [3.05, 3.63) is 58.0 Å². The van der Waals surface area contributed by atoms with Crippen molar-refractivity contribution in [2.75, 3.05) is 26.2 Å². The Hall–Kier alpha value is -1.81. The summed E-state index contributed by atoms with van der Waals surface area (Å²) < 4.78 is 27.9. The minimum absolute atomic E-state index is 0.170. The van der Waals surface area contributed by atoms with Gasteiger partial charge in [0.15, 0.2) is 0 Å². The van der Waals surface area contributed by atoms with Crippen molar-refractivity contribution in [1.82, 2.24) is 14.2 Å². The van der Waals surface area contributed by atoms with E-state index < -0.39 is 10.0 Å². The first-order valence-corrected chi connectivity index (χ1v) is 11.4. The maximum Gasteiger partial charge on any atom is 0.272 e. The molecule has 3 aromatic rings. The van der Waals surface area contributed by atoms with Crippen molar-refractivity contribution in [3.8, 4) is 0 Å². The molecule has 0 bridgehead atoms. The number of hydrogen-bond donors (Lipinski definition) is 0. The van der Waals surface area contributed by atoms with E-state index in [9.17, 15) is 13.2 Å². The van der Waals surface area contributed by atoms with E-state index in [4.69, 9.17) is 0 Å². The van der Waals surface area contributed by atoms with E-state index in [1.54, 1.807) is 23.1 Å². The van der Waals surface area contributed by atoms with Crippen molar-refractivity contribution >= 4 is 54.1 Å². The zero-order chi connectivity index (χ0) is 19.0. The van der Waals surface area contributed by atoms with E-state index in [-0.39, 0.29) is 19.0 Å². The van der Waals surface area contributed by atoms with Crippen LogP contribution in [0.5, 0.6) is 0 Å². The molecule has 0 radical (unpaired) electrons. The van der Waals surface area contributed by atoms with Gasteiger partial charge in [0.05, 0.1) is 9.30 Å². The van der Waals surface area contributed by atoms with E-state index in [1.165, 1.54) is 15.6 Å². The number of carbonyl (C=O) groups is 1. The summed E-state index contributed by atoms with van der Waals surface area (Å²) in [5.41, 5.74) is 1.15. The third-order valence-electron chi connectivity index (χ3n) is 4.49. The molecule has 9 heteroatoms. The Kier molecular flexibility index (Phi) is 5.02. The Balaban J connectivity index is 1.47. The van der Waals surface area contributed by atoms with Gasteiger partial charge >= 0.3 is 0 Å². The molecule has 1 amide bonds. The molecule has 1 aliphatic rings. The summed E-state index contributed by atoms with van der Waals surface area (Å²) in [6.07, 6.45) is 0. The lowest BCUT2D eigenvalue weighted by Gasteiger charge is -2.33. The van der Waals surface area contributed by atoms with Crippen LogP contribution in [0, 0.1) is 0 Å². The van der Waals surface area contributed by atoms with E-state index in [2.05, 4.69) is 20.9 Å². The number of piperazine rings is 1. The van der Waals surface area contributed by atoms with Gasteiger partial charge in [-0.15, -0.1) is 11.3 Å². The number of rotatable bonds is 3. The fraction of sp³-hybridized carbons (Fsp3) is 0.222. The van der Waals surface area contributed by atoms with Crippen LogP contribution >= 0.6 is 27.3 Å². The second kappa shape index (κ2) is 7.31. The molecule has 4 rings (SSSR count). The molecule has 1 aromatic carbocycles. The number of aromatic nitrogens is 1. The fourth-order valence-corrected chi connectivity index (χ4v) is 6.63. The highest BCUT2D eigenvalue weighted by Crippen LogP contribution is 2.29. The molecule has 0 spiro atoms. The lowest BCUT2D eigenvalue weighted by molar-refractivity contribution is 0.0692. The van der Waals surface area contributed by atoms with Crippen LogP contribution < -0.4 is 0 Å². The molecule has 0 atom stereocenters. The van der Waals surface area contributed by atoms with Gasteiger partial charge in [0.1, 0.15) is 9.90 Å². The number of para-hydroxylation sites is 1. The second-order valence-corrected chi connectivity index (χ2v) is 10.8. The standard InChI is InChI=1S/C18H16BrN3O3S2/c19-16-7-8-17(26-16)27(24,25)22-11-9-21(10-12-22)18(23)15-6-5-13-3-1-2-4-14(13)20-15/h1-8H,9-12H2. The Morgan fingerprint density at radius 3 is 2.44 bits per heavy atom. The fourth-order valence-electron chi connectivity index (χ4n) is 3.04. The number of thiophene rings is 1. The van der Waals surface area contributed by atoms with Gasteiger partial charge in [-0.25, -0.2) is 13.4 Å². The molecule has 1 fully saturated rings. The molecular weight excluding hydrogens is 450 g/mol. The zero-order valence-corrected chi connectivity index (χ0v) is 17.4. The molecule has 27 heavy (non-hydrogen) atoms. The number of amides is 1. The molecule has 0 unspecified atom stereocenters. The number of fused-ring (bicyclic) bond motifs is 1. The highest BCUT2D eigenvalue weighted by Gasteiger charge is 2.31. The van der Waals surface area contributed by atoms with Crippen LogP contribution in [0.4, 0.5) is 0 Å². The molecule has 140 valence electrons. The summed E-state index contributed by atoms with van der Waals surface area (Å²) in [6, 6.07) is 14.6. The number of benzene rings is 1. The van der Waals surface area contributed by atoms with Crippen LogP contribution in [0.15, 0.2) is 56.5 Å². The zero-order valence-electron chi connectivity index (χ0n) is 14.2. The molecule has 3 heterocycles. The molecule has 0 saturated carbocycles. The number of pyridine rings is 1. The molecule has 6 nitrogen and oxygen atoms in total. The Labute approximate surface area is 169 Å². The molecular formula is C18H16BrN3O3S2. The van der Waals surface area contributed by atoms with E-state index in [0.717, 1.165) is 14.7 Å². The van der Waals surface area contributed by atoms with Crippen molar-refractivity contribution in [2.45, 2.75) is 4.21 Å². The van der Waals surface area contributed by atoms with Crippen molar-refractivity contribution in [2.24, 2.45) is 0 Å². The van der Waals surface area contributed by atoms with Crippen LogP contribution in [0.3, 0.4) is 0 Å². The second-order valence-electron chi connectivity index (χ2n) is 6.14. The third-order valence-corrected chi connectivity index (χ3v) is 8.48. The normalized spacial score (nSPS) is 16.0. The van der Waals surface area contributed by atoms with Gasteiger partial charge in [-0.2, -0.15) is 4.31 Å². The van der Waals surface area contributed by atoms with Crippen LogP contribution in [0.25, 0.3) is 10.9 Å². The number of halogens is 1. The number of hydrogen-bond acceptors (Lipinski definition) is 5. The van der Waals surface area contributed by atoms with Gasteiger partial charge in [-0.1, -0.05) is 24.3 Å². The number of nitrogens with zero attached hydrogens (tertiary/aromatic N) is 3.